The summed E-state index contributed by atoms with van der Waals surface area (Å²) in [5.41, 5.74) is 4.19. The zero-order chi connectivity index (χ0) is 18.8. The highest BCUT2D eigenvalue weighted by atomic mass is 19.2. The maximum Gasteiger partial charge on any atom is 0.162 e. The fourth-order valence-corrected chi connectivity index (χ4v) is 2.88. The molecule has 0 spiro atoms. The van der Waals surface area contributed by atoms with Gasteiger partial charge in [0.25, 0.3) is 0 Å². The third-order valence-electron chi connectivity index (χ3n) is 4.32. The number of rotatable bonds is 5. The van der Waals surface area contributed by atoms with E-state index in [0.717, 1.165) is 23.0 Å². The van der Waals surface area contributed by atoms with Gasteiger partial charge in [0, 0.05) is 24.5 Å². The van der Waals surface area contributed by atoms with Crippen molar-refractivity contribution in [1.82, 2.24) is 29.9 Å². The van der Waals surface area contributed by atoms with Crippen LogP contribution in [0.3, 0.4) is 0 Å². The number of hydrogen-bond donors (Lipinski definition) is 1. The Morgan fingerprint density at radius 1 is 1.07 bits per heavy atom. The van der Waals surface area contributed by atoms with Gasteiger partial charge < -0.3 is 4.57 Å². The minimum Gasteiger partial charge on any atom is -0.336 e. The van der Waals surface area contributed by atoms with E-state index < -0.39 is 11.6 Å². The molecule has 8 heteroatoms. The van der Waals surface area contributed by atoms with Crippen molar-refractivity contribution < 1.29 is 8.78 Å². The van der Waals surface area contributed by atoms with Gasteiger partial charge >= 0.3 is 0 Å². The van der Waals surface area contributed by atoms with Crippen molar-refractivity contribution >= 4 is 0 Å². The van der Waals surface area contributed by atoms with Gasteiger partial charge in [-0.25, -0.2) is 13.8 Å². The van der Waals surface area contributed by atoms with E-state index in [9.17, 15) is 8.78 Å². The van der Waals surface area contributed by atoms with Gasteiger partial charge in [-0.15, -0.1) is 0 Å². The van der Waals surface area contributed by atoms with Gasteiger partial charge in [-0.1, -0.05) is 12.1 Å². The average molecular weight is 366 g/mol. The van der Waals surface area contributed by atoms with Gasteiger partial charge in [0.15, 0.2) is 11.6 Å². The number of nitrogens with one attached hydrogen (secondary N) is 1. The van der Waals surface area contributed by atoms with E-state index in [0.29, 0.717) is 29.9 Å². The number of H-pyrrole nitrogens is 1. The Hall–Kier alpha value is -3.42. The van der Waals surface area contributed by atoms with Crippen molar-refractivity contribution in [3.8, 4) is 22.6 Å². The van der Waals surface area contributed by atoms with Gasteiger partial charge in [-0.3, -0.25) is 4.98 Å². The summed E-state index contributed by atoms with van der Waals surface area (Å²) in [6.07, 6.45) is 5.55. The second-order valence-electron chi connectivity index (χ2n) is 6.15. The Balaban J connectivity index is 1.53. The number of imidazole rings is 1. The molecule has 0 aliphatic carbocycles. The zero-order valence-electron chi connectivity index (χ0n) is 14.5. The van der Waals surface area contributed by atoms with E-state index in [1.807, 2.05) is 29.8 Å². The van der Waals surface area contributed by atoms with Crippen LogP contribution in [-0.2, 0) is 13.0 Å². The standard InChI is InChI=1S/C19H16F2N6/c1-12-19(25-26-24-12)14-5-7-22-16(9-14)17-10-27(11-23-17)8-6-13-3-2-4-15(20)18(13)21/h2-5,7,9-11H,6,8H2,1H3,(H,24,25,26). The predicted molar refractivity (Wildman–Crippen MR) is 95.6 cm³/mol. The number of aromatic amines is 1. The first-order valence-corrected chi connectivity index (χ1v) is 8.40. The monoisotopic (exact) mass is 366 g/mol. The van der Waals surface area contributed by atoms with Gasteiger partial charge in [0.1, 0.15) is 11.4 Å². The maximum absolute atomic E-state index is 13.8. The molecule has 0 aliphatic rings. The lowest BCUT2D eigenvalue weighted by atomic mass is 10.1. The number of nitrogens with zero attached hydrogens (tertiary/aromatic N) is 5. The second-order valence-corrected chi connectivity index (χ2v) is 6.15. The molecule has 0 aliphatic heterocycles. The summed E-state index contributed by atoms with van der Waals surface area (Å²) in [6.45, 7) is 2.36. The topological polar surface area (TPSA) is 72.3 Å². The molecule has 0 unspecified atom stereocenters. The fourth-order valence-electron chi connectivity index (χ4n) is 2.88. The lowest BCUT2D eigenvalue weighted by Gasteiger charge is -2.04. The summed E-state index contributed by atoms with van der Waals surface area (Å²) < 4.78 is 28.9. The van der Waals surface area contributed by atoms with E-state index in [-0.39, 0.29) is 0 Å². The summed E-state index contributed by atoms with van der Waals surface area (Å²) >= 11 is 0. The van der Waals surface area contributed by atoms with E-state index in [2.05, 4.69) is 25.4 Å². The van der Waals surface area contributed by atoms with Crippen LogP contribution in [0.1, 0.15) is 11.3 Å². The van der Waals surface area contributed by atoms with Crippen LogP contribution >= 0.6 is 0 Å². The molecule has 3 aromatic heterocycles. The van der Waals surface area contributed by atoms with Crippen LogP contribution in [0.5, 0.6) is 0 Å². The number of pyridine rings is 1. The number of benzene rings is 1. The summed E-state index contributed by atoms with van der Waals surface area (Å²) in [7, 11) is 0. The first kappa shape index (κ1) is 17.0. The molecule has 1 aromatic carbocycles. The third kappa shape index (κ3) is 3.46. The molecule has 0 radical (unpaired) electrons. The molecule has 4 aromatic rings. The van der Waals surface area contributed by atoms with Crippen LogP contribution in [0.15, 0.2) is 49.1 Å². The molecular formula is C19H16F2N6. The van der Waals surface area contributed by atoms with Crippen LogP contribution in [-0.4, -0.2) is 29.9 Å². The first-order chi connectivity index (χ1) is 13.1. The highest BCUT2D eigenvalue weighted by Gasteiger charge is 2.11. The minimum absolute atomic E-state index is 0.340. The van der Waals surface area contributed by atoms with Crippen molar-refractivity contribution in [2.45, 2.75) is 19.9 Å². The summed E-state index contributed by atoms with van der Waals surface area (Å²) in [4.78, 5) is 8.74. The maximum atomic E-state index is 13.8. The highest BCUT2D eigenvalue weighted by Crippen LogP contribution is 2.23. The fraction of sp³-hybridized carbons (Fsp3) is 0.158. The van der Waals surface area contributed by atoms with Crippen molar-refractivity contribution in [3.63, 3.8) is 0 Å². The van der Waals surface area contributed by atoms with Crippen molar-refractivity contribution in [1.29, 1.82) is 0 Å². The van der Waals surface area contributed by atoms with E-state index >= 15 is 0 Å². The normalized spacial score (nSPS) is 11.1. The highest BCUT2D eigenvalue weighted by molar-refractivity contribution is 5.67. The molecule has 0 bridgehead atoms. The lowest BCUT2D eigenvalue weighted by Crippen LogP contribution is -2.01. The molecule has 0 amide bonds. The average Bonchev–Trinajstić information content (AvgIpc) is 3.32. The van der Waals surface area contributed by atoms with Gasteiger partial charge in [0.2, 0.25) is 0 Å². The second kappa shape index (κ2) is 7.06. The largest absolute Gasteiger partial charge is 0.336 e. The molecule has 0 atom stereocenters. The molecule has 3 heterocycles. The molecule has 4 rings (SSSR count). The van der Waals surface area contributed by atoms with Crippen LogP contribution in [0, 0.1) is 18.6 Å². The van der Waals surface area contributed by atoms with E-state index in [1.54, 1.807) is 18.6 Å². The molecule has 6 nitrogen and oxygen atoms in total. The SMILES string of the molecule is Cc1n[nH]nc1-c1ccnc(-c2cn(CCc3cccc(F)c3F)cn2)c1. The van der Waals surface area contributed by atoms with Crippen LogP contribution in [0.25, 0.3) is 22.6 Å². The van der Waals surface area contributed by atoms with Crippen molar-refractivity contribution in [2.75, 3.05) is 0 Å². The smallest absolute Gasteiger partial charge is 0.162 e. The van der Waals surface area contributed by atoms with Crippen molar-refractivity contribution in [3.05, 3.63) is 71.9 Å². The molecule has 0 saturated carbocycles. The molecule has 136 valence electrons. The van der Waals surface area contributed by atoms with Gasteiger partial charge in [-0.2, -0.15) is 15.4 Å². The van der Waals surface area contributed by atoms with Gasteiger partial charge in [-0.05, 0) is 37.1 Å². The molecular weight excluding hydrogens is 350 g/mol. The third-order valence-corrected chi connectivity index (χ3v) is 4.32. The molecule has 27 heavy (non-hydrogen) atoms. The Morgan fingerprint density at radius 3 is 2.78 bits per heavy atom. The van der Waals surface area contributed by atoms with E-state index in [1.165, 1.54) is 6.07 Å². The van der Waals surface area contributed by atoms with Crippen LogP contribution in [0.2, 0.25) is 0 Å². The van der Waals surface area contributed by atoms with Crippen molar-refractivity contribution in [2.24, 2.45) is 0 Å². The molecule has 0 saturated heterocycles. The molecule has 1 N–H and O–H groups in total. The summed E-state index contributed by atoms with van der Waals surface area (Å²) in [5, 5.41) is 10.8. The van der Waals surface area contributed by atoms with Crippen LogP contribution < -0.4 is 0 Å². The van der Waals surface area contributed by atoms with E-state index in [4.69, 9.17) is 0 Å². The summed E-state index contributed by atoms with van der Waals surface area (Å²) in [5.74, 6) is -1.63. The molecule has 0 fully saturated rings. The Kier molecular flexibility index (Phi) is 4.45. The first-order valence-electron chi connectivity index (χ1n) is 8.40. The van der Waals surface area contributed by atoms with Gasteiger partial charge in [0.05, 0.1) is 17.7 Å². The lowest BCUT2D eigenvalue weighted by molar-refractivity contribution is 0.495. The Bertz CT molecular complexity index is 1090. The Labute approximate surface area is 153 Å². The predicted octanol–water partition coefficient (Wildman–Crippen LogP) is 3.56. The zero-order valence-corrected chi connectivity index (χ0v) is 14.5. The summed E-state index contributed by atoms with van der Waals surface area (Å²) in [6, 6.07) is 7.96. The number of aromatic nitrogens is 6. The number of halogens is 2. The minimum atomic E-state index is -0.831. The quantitative estimate of drug-likeness (QED) is 0.586. The van der Waals surface area contributed by atoms with Crippen LogP contribution in [0.4, 0.5) is 8.78 Å². The number of aryl methyl sites for hydroxylation is 3. The number of hydrogen-bond acceptors (Lipinski definition) is 4. The Morgan fingerprint density at radius 2 is 1.96 bits per heavy atom.